The number of halogens is 1. The highest BCUT2D eigenvalue weighted by atomic mass is 19.1. The molecule has 0 spiro atoms. The van der Waals surface area contributed by atoms with E-state index in [4.69, 9.17) is 4.74 Å². The van der Waals surface area contributed by atoms with Crippen molar-refractivity contribution in [3.63, 3.8) is 0 Å². The van der Waals surface area contributed by atoms with Gasteiger partial charge in [-0.3, -0.25) is 0 Å². The van der Waals surface area contributed by atoms with E-state index in [1.807, 2.05) is 25.1 Å². The van der Waals surface area contributed by atoms with Crippen LogP contribution < -0.4 is 0 Å². The lowest BCUT2D eigenvalue weighted by atomic mass is 10.00. The molecule has 3 nitrogen and oxygen atoms in total. The van der Waals surface area contributed by atoms with Gasteiger partial charge in [0.25, 0.3) is 0 Å². The van der Waals surface area contributed by atoms with Crippen molar-refractivity contribution in [2.45, 2.75) is 13.8 Å². The number of nitrogens with one attached hydrogen (secondary N) is 1. The smallest absolute Gasteiger partial charge is 0.355 e. The van der Waals surface area contributed by atoms with E-state index in [0.717, 1.165) is 16.5 Å². The second kappa shape index (κ2) is 5.64. The van der Waals surface area contributed by atoms with Gasteiger partial charge in [-0.05, 0) is 32.0 Å². The number of hydrogen-bond donors (Lipinski definition) is 1. The number of fused-ring (bicyclic) bond motifs is 1. The fourth-order valence-corrected chi connectivity index (χ4v) is 2.61. The normalized spacial score (nSPS) is 10.9. The molecular formula is C18H16FNO2. The fourth-order valence-electron chi connectivity index (χ4n) is 2.61. The summed E-state index contributed by atoms with van der Waals surface area (Å²) >= 11 is 0. The number of carbonyl (C=O) groups excluding carboxylic acids is 1. The summed E-state index contributed by atoms with van der Waals surface area (Å²) in [4.78, 5) is 15.3. The van der Waals surface area contributed by atoms with Crippen LogP contribution in [0, 0.1) is 12.7 Å². The molecule has 0 atom stereocenters. The monoisotopic (exact) mass is 297 g/mol. The van der Waals surface area contributed by atoms with Gasteiger partial charge in [0.1, 0.15) is 11.5 Å². The number of aromatic nitrogens is 1. The van der Waals surface area contributed by atoms with Crippen molar-refractivity contribution in [3.05, 3.63) is 59.5 Å². The largest absolute Gasteiger partial charge is 0.461 e. The molecule has 3 aromatic rings. The SMILES string of the molecule is CCOC(=O)c1[nH]c2ccc(C)cc2c1-c1ccccc1F. The highest BCUT2D eigenvalue weighted by Gasteiger charge is 2.22. The van der Waals surface area contributed by atoms with Gasteiger partial charge >= 0.3 is 5.97 Å². The van der Waals surface area contributed by atoms with E-state index in [2.05, 4.69) is 4.98 Å². The van der Waals surface area contributed by atoms with E-state index in [1.165, 1.54) is 6.07 Å². The maximum atomic E-state index is 14.2. The number of H-pyrrole nitrogens is 1. The summed E-state index contributed by atoms with van der Waals surface area (Å²) in [6.45, 7) is 3.97. The van der Waals surface area contributed by atoms with Gasteiger partial charge in [0.2, 0.25) is 0 Å². The zero-order valence-electron chi connectivity index (χ0n) is 12.4. The van der Waals surface area contributed by atoms with E-state index in [1.54, 1.807) is 25.1 Å². The molecule has 0 saturated heterocycles. The lowest BCUT2D eigenvalue weighted by Gasteiger charge is -2.06. The van der Waals surface area contributed by atoms with Crippen LogP contribution in [-0.2, 0) is 4.74 Å². The zero-order valence-corrected chi connectivity index (χ0v) is 12.4. The van der Waals surface area contributed by atoms with E-state index in [9.17, 15) is 9.18 Å². The Bertz CT molecular complexity index is 851. The van der Waals surface area contributed by atoms with Crippen LogP contribution in [0.4, 0.5) is 4.39 Å². The number of benzene rings is 2. The molecule has 1 N–H and O–H groups in total. The first-order valence-corrected chi connectivity index (χ1v) is 7.16. The van der Waals surface area contributed by atoms with Gasteiger partial charge in [-0.15, -0.1) is 0 Å². The van der Waals surface area contributed by atoms with Crippen LogP contribution >= 0.6 is 0 Å². The molecule has 0 aliphatic heterocycles. The Morgan fingerprint density at radius 1 is 1.23 bits per heavy atom. The average molecular weight is 297 g/mol. The summed E-state index contributed by atoms with van der Waals surface area (Å²) in [5.74, 6) is -0.843. The third-order valence-electron chi connectivity index (χ3n) is 3.58. The second-order valence-electron chi connectivity index (χ2n) is 5.12. The van der Waals surface area contributed by atoms with Gasteiger partial charge in [-0.25, -0.2) is 9.18 Å². The first kappa shape index (κ1) is 14.3. The van der Waals surface area contributed by atoms with Crippen molar-refractivity contribution < 1.29 is 13.9 Å². The van der Waals surface area contributed by atoms with Gasteiger partial charge in [-0.2, -0.15) is 0 Å². The summed E-state index contributed by atoms with van der Waals surface area (Å²) in [6, 6.07) is 12.2. The van der Waals surface area contributed by atoms with E-state index in [0.29, 0.717) is 11.1 Å². The van der Waals surface area contributed by atoms with Crippen LogP contribution in [-0.4, -0.2) is 17.6 Å². The summed E-state index contributed by atoms with van der Waals surface area (Å²) in [6.07, 6.45) is 0. The molecule has 4 heteroatoms. The van der Waals surface area contributed by atoms with Crippen LogP contribution in [0.5, 0.6) is 0 Å². The van der Waals surface area contributed by atoms with Crippen molar-refractivity contribution in [2.24, 2.45) is 0 Å². The molecule has 1 aromatic heterocycles. The highest BCUT2D eigenvalue weighted by molar-refractivity contribution is 6.08. The van der Waals surface area contributed by atoms with Crippen molar-refractivity contribution >= 4 is 16.9 Å². The molecular weight excluding hydrogens is 281 g/mol. The summed E-state index contributed by atoms with van der Waals surface area (Å²) in [7, 11) is 0. The summed E-state index contributed by atoms with van der Waals surface area (Å²) in [5, 5.41) is 0.813. The van der Waals surface area contributed by atoms with Crippen molar-refractivity contribution in [1.29, 1.82) is 0 Å². The zero-order chi connectivity index (χ0) is 15.7. The summed E-state index contributed by atoms with van der Waals surface area (Å²) in [5.41, 5.74) is 3.05. The third kappa shape index (κ3) is 2.37. The van der Waals surface area contributed by atoms with Crippen LogP contribution in [0.1, 0.15) is 23.0 Å². The minimum atomic E-state index is -0.477. The van der Waals surface area contributed by atoms with Gasteiger partial charge in [-0.1, -0.05) is 29.8 Å². The quantitative estimate of drug-likeness (QED) is 0.725. The number of carbonyl (C=O) groups is 1. The number of esters is 1. The van der Waals surface area contributed by atoms with Crippen molar-refractivity contribution in [2.75, 3.05) is 6.61 Å². The molecule has 112 valence electrons. The molecule has 0 bridgehead atoms. The van der Waals surface area contributed by atoms with Gasteiger partial charge < -0.3 is 9.72 Å². The molecule has 22 heavy (non-hydrogen) atoms. The Hall–Kier alpha value is -2.62. The molecule has 3 rings (SSSR count). The van der Waals surface area contributed by atoms with Crippen molar-refractivity contribution in [1.82, 2.24) is 4.98 Å². The van der Waals surface area contributed by atoms with Crippen LogP contribution in [0.15, 0.2) is 42.5 Å². The first-order chi connectivity index (χ1) is 10.6. The molecule has 2 aromatic carbocycles. The second-order valence-corrected chi connectivity index (χ2v) is 5.12. The average Bonchev–Trinajstić information content (AvgIpc) is 2.86. The number of rotatable bonds is 3. The van der Waals surface area contributed by atoms with Crippen molar-refractivity contribution in [3.8, 4) is 11.1 Å². The Morgan fingerprint density at radius 3 is 2.73 bits per heavy atom. The fraction of sp³-hybridized carbons (Fsp3) is 0.167. The van der Waals surface area contributed by atoms with E-state index in [-0.39, 0.29) is 18.1 Å². The van der Waals surface area contributed by atoms with Crippen LogP contribution in [0.2, 0.25) is 0 Å². The Balaban J connectivity index is 2.33. The maximum Gasteiger partial charge on any atom is 0.355 e. The predicted octanol–water partition coefficient (Wildman–Crippen LogP) is 4.46. The minimum absolute atomic E-state index is 0.268. The minimum Gasteiger partial charge on any atom is -0.461 e. The van der Waals surface area contributed by atoms with E-state index >= 15 is 0 Å². The lowest BCUT2D eigenvalue weighted by Crippen LogP contribution is -2.06. The van der Waals surface area contributed by atoms with E-state index < -0.39 is 5.97 Å². The topological polar surface area (TPSA) is 42.1 Å². The first-order valence-electron chi connectivity index (χ1n) is 7.16. The van der Waals surface area contributed by atoms with Gasteiger partial charge in [0.15, 0.2) is 0 Å². The predicted molar refractivity (Wildman–Crippen MR) is 84.4 cm³/mol. The van der Waals surface area contributed by atoms with Gasteiger partial charge in [0.05, 0.1) is 6.61 Å². The lowest BCUT2D eigenvalue weighted by molar-refractivity contribution is 0.0521. The van der Waals surface area contributed by atoms with Gasteiger partial charge in [0, 0.05) is 22.0 Å². The molecule has 0 radical (unpaired) electrons. The molecule has 1 heterocycles. The molecule has 0 aliphatic carbocycles. The number of ether oxygens (including phenoxy) is 1. The molecule has 0 fully saturated rings. The molecule has 0 saturated carbocycles. The highest BCUT2D eigenvalue weighted by Crippen LogP contribution is 2.34. The third-order valence-corrected chi connectivity index (χ3v) is 3.58. The molecule has 0 unspecified atom stereocenters. The van der Waals surface area contributed by atoms with Crippen LogP contribution in [0.25, 0.3) is 22.0 Å². The van der Waals surface area contributed by atoms with Crippen LogP contribution in [0.3, 0.4) is 0 Å². The molecule has 0 amide bonds. The standard InChI is InChI=1S/C18H16FNO2/c1-3-22-18(21)17-16(12-6-4-5-7-14(12)19)13-10-11(2)8-9-15(13)20-17/h4-10,20H,3H2,1-2H3. The molecule has 0 aliphatic rings. The maximum absolute atomic E-state index is 14.2. The summed E-state index contributed by atoms with van der Waals surface area (Å²) < 4.78 is 19.3. The Morgan fingerprint density at radius 2 is 2.00 bits per heavy atom. The Kier molecular flexibility index (Phi) is 3.67. The Labute approximate surface area is 127 Å². The number of aromatic amines is 1. The number of hydrogen-bond acceptors (Lipinski definition) is 2. The number of aryl methyl sites for hydroxylation is 1.